The molecule has 0 aliphatic carbocycles. The van der Waals surface area contributed by atoms with Crippen LogP contribution in [0.5, 0.6) is 11.5 Å². The highest BCUT2D eigenvalue weighted by Gasteiger charge is 2.04. The molecule has 3 rings (SSSR count). The summed E-state index contributed by atoms with van der Waals surface area (Å²) in [5.41, 5.74) is 4.02. The summed E-state index contributed by atoms with van der Waals surface area (Å²) in [6, 6.07) is 23.3. The second-order valence-electron chi connectivity index (χ2n) is 6.66. The molecule has 0 unspecified atom stereocenters. The number of hydrogen-bond acceptors (Lipinski definition) is 4. The summed E-state index contributed by atoms with van der Waals surface area (Å²) >= 11 is 0. The van der Waals surface area contributed by atoms with Gasteiger partial charge < -0.3 is 20.1 Å². The molecule has 3 aromatic carbocycles. The van der Waals surface area contributed by atoms with E-state index in [9.17, 15) is 4.79 Å². The fraction of sp³-hybridized carbons (Fsp3) is 0.208. The van der Waals surface area contributed by atoms with Crippen molar-refractivity contribution < 1.29 is 14.3 Å². The van der Waals surface area contributed by atoms with Crippen molar-refractivity contribution in [2.75, 3.05) is 23.8 Å². The van der Waals surface area contributed by atoms with E-state index in [0.717, 1.165) is 28.3 Å². The van der Waals surface area contributed by atoms with E-state index in [0.29, 0.717) is 18.9 Å². The van der Waals surface area contributed by atoms with Crippen LogP contribution in [0.4, 0.5) is 11.4 Å². The van der Waals surface area contributed by atoms with Crippen LogP contribution in [0.1, 0.15) is 18.1 Å². The molecule has 0 saturated heterocycles. The smallest absolute Gasteiger partial charge is 0.262 e. The zero-order valence-corrected chi connectivity index (χ0v) is 16.8. The third kappa shape index (κ3) is 6.57. The van der Waals surface area contributed by atoms with E-state index in [2.05, 4.69) is 10.6 Å². The Morgan fingerprint density at radius 1 is 0.862 bits per heavy atom. The first-order chi connectivity index (χ1) is 14.1. The summed E-state index contributed by atoms with van der Waals surface area (Å²) in [6.45, 7) is 5.28. The molecule has 0 heterocycles. The molecule has 0 aromatic heterocycles. The van der Waals surface area contributed by atoms with E-state index < -0.39 is 0 Å². The fourth-order valence-electron chi connectivity index (χ4n) is 2.81. The van der Waals surface area contributed by atoms with Crippen LogP contribution in [0.25, 0.3) is 0 Å². The van der Waals surface area contributed by atoms with Gasteiger partial charge in [0.1, 0.15) is 11.5 Å². The molecule has 5 nitrogen and oxygen atoms in total. The zero-order valence-electron chi connectivity index (χ0n) is 16.8. The monoisotopic (exact) mass is 390 g/mol. The Balaban J connectivity index is 1.44. The van der Waals surface area contributed by atoms with Crippen LogP contribution in [0, 0.1) is 6.92 Å². The van der Waals surface area contributed by atoms with Gasteiger partial charge in [0.15, 0.2) is 6.61 Å². The first kappa shape index (κ1) is 20.3. The maximum atomic E-state index is 12.0. The lowest BCUT2D eigenvalue weighted by atomic mass is 10.2. The second-order valence-corrected chi connectivity index (χ2v) is 6.66. The minimum absolute atomic E-state index is 0.0300. The molecule has 150 valence electrons. The van der Waals surface area contributed by atoms with Gasteiger partial charge in [-0.05, 0) is 73.5 Å². The van der Waals surface area contributed by atoms with Crippen LogP contribution in [0.2, 0.25) is 0 Å². The highest BCUT2D eigenvalue weighted by Crippen LogP contribution is 2.18. The van der Waals surface area contributed by atoms with Crippen molar-refractivity contribution in [2.45, 2.75) is 20.4 Å². The average molecular weight is 390 g/mol. The Morgan fingerprint density at radius 3 is 2.24 bits per heavy atom. The van der Waals surface area contributed by atoms with Gasteiger partial charge in [0.2, 0.25) is 0 Å². The Labute approximate surface area is 171 Å². The summed E-state index contributed by atoms with van der Waals surface area (Å²) in [5.74, 6) is 1.34. The van der Waals surface area contributed by atoms with E-state index >= 15 is 0 Å². The number of nitrogens with one attached hydrogen (secondary N) is 2. The van der Waals surface area contributed by atoms with Crippen LogP contribution in [0.15, 0.2) is 72.8 Å². The molecular weight excluding hydrogens is 364 g/mol. The van der Waals surface area contributed by atoms with E-state index in [1.54, 1.807) is 0 Å². The highest BCUT2D eigenvalue weighted by atomic mass is 16.5. The third-order valence-electron chi connectivity index (χ3n) is 4.26. The highest BCUT2D eigenvalue weighted by molar-refractivity contribution is 5.91. The molecule has 0 saturated carbocycles. The number of amides is 1. The van der Waals surface area contributed by atoms with Crippen LogP contribution in [-0.2, 0) is 11.3 Å². The van der Waals surface area contributed by atoms with Crippen molar-refractivity contribution in [3.63, 3.8) is 0 Å². The largest absolute Gasteiger partial charge is 0.494 e. The summed E-state index contributed by atoms with van der Waals surface area (Å²) in [4.78, 5) is 12.0. The van der Waals surface area contributed by atoms with Crippen molar-refractivity contribution in [1.82, 2.24) is 0 Å². The van der Waals surface area contributed by atoms with Gasteiger partial charge in [-0.3, -0.25) is 4.79 Å². The standard InChI is InChI=1S/C24H26N2O3/c1-3-28-22-13-9-20(10-14-22)25-16-19-7-11-23(12-8-19)29-17-24(27)26-21-6-4-5-18(2)15-21/h4-15,25H,3,16-17H2,1-2H3,(H,26,27). The molecule has 5 heteroatoms. The molecule has 1 amide bonds. The number of hydrogen-bond donors (Lipinski definition) is 2. The van der Waals surface area contributed by atoms with Crippen LogP contribution < -0.4 is 20.1 Å². The van der Waals surface area contributed by atoms with Crippen LogP contribution in [0.3, 0.4) is 0 Å². The lowest BCUT2D eigenvalue weighted by Crippen LogP contribution is -2.20. The molecule has 2 N–H and O–H groups in total. The van der Waals surface area contributed by atoms with Gasteiger partial charge in [-0.1, -0.05) is 24.3 Å². The number of ether oxygens (including phenoxy) is 2. The topological polar surface area (TPSA) is 59.6 Å². The molecule has 29 heavy (non-hydrogen) atoms. The van der Waals surface area contributed by atoms with Crippen LogP contribution in [-0.4, -0.2) is 19.1 Å². The van der Waals surface area contributed by atoms with E-state index in [1.165, 1.54) is 0 Å². The predicted octanol–water partition coefficient (Wildman–Crippen LogP) is 5.02. The zero-order chi connectivity index (χ0) is 20.5. The van der Waals surface area contributed by atoms with Crippen molar-refractivity contribution in [2.24, 2.45) is 0 Å². The van der Waals surface area contributed by atoms with Crippen LogP contribution >= 0.6 is 0 Å². The van der Waals surface area contributed by atoms with Crippen molar-refractivity contribution in [3.05, 3.63) is 83.9 Å². The molecule has 0 bridgehead atoms. The Morgan fingerprint density at radius 2 is 1.55 bits per heavy atom. The number of carbonyl (C=O) groups excluding carboxylic acids is 1. The van der Waals surface area contributed by atoms with Gasteiger partial charge in [-0.15, -0.1) is 0 Å². The lowest BCUT2D eigenvalue weighted by Gasteiger charge is -2.10. The molecule has 0 atom stereocenters. The molecule has 3 aromatic rings. The molecule has 0 spiro atoms. The summed E-state index contributed by atoms with van der Waals surface area (Å²) in [5, 5.41) is 6.20. The fourth-order valence-corrected chi connectivity index (χ4v) is 2.81. The van der Waals surface area contributed by atoms with Gasteiger partial charge >= 0.3 is 0 Å². The quantitative estimate of drug-likeness (QED) is 0.538. The number of rotatable bonds is 9. The SMILES string of the molecule is CCOc1ccc(NCc2ccc(OCC(=O)Nc3cccc(C)c3)cc2)cc1. The lowest BCUT2D eigenvalue weighted by molar-refractivity contribution is -0.118. The minimum Gasteiger partial charge on any atom is -0.494 e. The molecule has 0 aliphatic rings. The second kappa shape index (κ2) is 10.2. The number of carbonyl (C=O) groups is 1. The normalized spacial score (nSPS) is 10.3. The number of aryl methyl sites for hydroxylation is 1. The van der Waals surface area contributed by atoms with Gasteiger partial charge in [0.05, 0.1) is 6.61 Å². The van der Waals surface area contributed by atoms with Gasteiger partial charge in [-0.2, -0.15) is 0 Å². The first-order valence-corrected chi connectivity index (χ1v) is 9.67. The van der Waals surface area contributed by atoms with E-state index in [-0.39, 0.29) is 12.5 Å². The molecule has 0 aliphatic heterocycles. The van der Waals surface area contributed by atoms with Gasteiger partial charge in [0, 0.05) is 17.9 Å². The maximum absolute atomic E-state index is 12.0. The van der Waals surface area contributed by atoms with E-state index in [1.807, 2.05) is 86.6 Å². The van der Waals surface area contributed by atoms with E-state index in [4.69, 9.17) is 9.47 Å². The number of benzene rings is 3. The summed E-state index contributed by atoms with van der Waals surface area (Å²) in [6.07, 6.45) is 0. The molecular formula is C24H26N2O3. The maximum Gasteiger partial charge on any atom is 0.262 e. The average Bonchev–Trinajstić information content (AvgIpc) is 2.73. The first-order valence-electron chi connectivity index (χ1n) is 9.67. The Hall–Kier alpha value is -3.47. The third-order valence-corrected chi connectivity index (χ3v) is 4.26. The van der Waals surface area contributed by atoms with Gasteiger partial charge in [-0.25, -0.2) is 0 Å². The summed E-state index contributed by atoms with van der Waals surface area (Å²) < 4.78 is 11.0. The van der Waals surface area contributed by atoms with Crippen molar-refractivity contribution in [1.29, 1.82) is 0 Å². The minimum atomic E-state index is -0.183. The molecule has 0 radical (unpaired) electrons. The Bertz CT molecular complexity index is 922. The predicted molar refractivity (Wildman–Crippen MR) is 117 cm³/mol. The summed E-state index contributed by atoms with van der Waals surface area (Å²) in [7, 11) is 0. The van der Waals surface area contributed by atoms with Crippen molar-refractivity contribution in [3.8, 4) is 11.5 Å². The van der Waals surface area contributed by atoms with Gasteiger partial charge in [0.25, 0.3) is 5.91 Å². The number of anilines is 2. The molecule has 0 fully saturated rings. The van der Waals surface area contributed by atoms with Crippen molar-refractivity contribution >= 4 is 17.3 Å². The Kier molecular flexibility index (Phi) is 7.11.